The Kier molecular flexibility index (Phi) is 6.43. The van der Waals surface area contributed by atoms with Gasteiger partial charge in [-0.25, -0.2) is 0 Å². The maximum absolute atomic E-state index is 12.6. The molecule has 3 N–H and O–H groups in total. The number of carbonyl (C=O) groups is 3. The number of hydrogen-bond donors (Lipinski definition) is 2. The van der Waals surface area contributed by atoms with Crippen molar-refractivity contribution in [1.82, 2.24) is 5.32 Å². The number of nitrogens with two attached hydrogens (primary N) is 1. The molecule has 0 aromatic heterocycles. The minimum atomic E-state index is -1.07. The fourth-order valence-electron chi connectivity index (χ4n) is 2.17. The Morgan fingerprint density at radius 2 is 1.55 bits per heavy atom. The summed E-state index contributed by atoms with van der Waals surface area (Å²) < 4.78 is 0. The number of benzene rings is 1. The first-order valence-corrected chi connectivity index (χ1v) is 7.44. The van der Waals surface area contributed by atoms with Crippen LogP contribution in [0.15, 0.2) is 30.3 Å². The maximum atomic E-state index is 12.6. The standard InChI is InChI=1S/C17H24N2O3/c1-10(2)13(17(18)22)19-14(15(20)11(3)4)16(21)12-8-6-5-7-9-12/h5-11,13-14,19H,1-4H3,(H2,18,22). The van der Waals surface area contributed by atoms with Crippen molar-refractivity contribution in [2.75, 3.05) is 0 Å². The summed E-state index contributed by atoms with van der Waals surface area (Å²) in [4.78, 5) is 36.6. The van der Waals surface area contributed by atoms with Gasteiger partial charge in [0.15, 0.2) is 11.6 Å². The van der Waals surface area contributed by atoms with Crippen molar-refractivity contribution >= 4 is 17.5 Å². The Balaban J connectivity index is 3.11. The van der Waals surface area contributed by atoms with Crippen molar-refractivity contribution in [1.29, 1.82) is 0 Å². The van der Waals surface area contributed by atoms with Crippen LogP contribution in [0, 0.1) is 11.8 Å². The van der Waals surface area contributed by atoms with E-state index in [1.54, 1.807) is 44.2 Å². The average Bonchev–Trinajstić information content (AvgIpc) is 2.47. The number of hydrogen-bond acceptors (Lipinski definition) is 4. The Morgan fingerprint density at radius 1 is 1.00 bits per heavy atom. The molecule has 0 heterocycles. The van der Waals surface area contributed by atoms with E-state index in [-0.39, 0.29) is 23.4 Å². The third-order valence-corrected chi connectivity index (χ3v) is 3.49. The van der Waals surface area contributed by atoms with Gasteiger partial charge in [-0.05, 0) is 5.92 Å². The molecular formula is C17H24N2O3. The monoisotopic (exact) mass is 304 g/mol. The minimum Gasteiger partial charge on any atom is -0.368 e. The van der Waals surface area contributed by atoms with Crippen LogP contribution in [0.2, 0.25) is 0 Å². The summed E-state index contributed by atoms with van der Waals surface area (Å²) in [7, 11) is 0. The first-order valence-electron chi connectivity index (χ1n) is 7.44. The van der Waals surface area contributed by atoms with Gasteiger partial charge in [-0.15, -0.1) is 0 Å². The van der Waals surface area contributed by atoms with Gasteiger partial charge in [0.1, 0.15) is 6.04 Å². The van der Waals surface area contributed by atoms with E-state index in [2.05, 4.69) is 5.32 Å². The van der Waals surface area contributed by atoms with Gasteiger partial charge in [0.05, 0.1) is 6.04 Å². The van der Waals surface area contributed by atoms with Gasteiger partial charge < -0.3 is 5.73 Å². The van der Waals surface area contributed by atoms with Crippen LogP contribution in [0.1, 0.15) is 38.1 Å². The highest BCUT2D eigenvalue weighted by atomic mass is 16.2. The van der Waals surface area contributed by atoms with Gasteiger partial charge in [-0.1, -0.05) is 58.0 Å². The van der Waals surface area contributed by atoms with E-state index < -0.39 is 18.0 Å². The van der Waals surface area contributed by atoms with Crippen molar-refractivity contribution in [3.8, 4) is 0 Å². The molecule has 0 radical (unpaired) electrons. The van der Waals surface area contributed by atoms with Crippen LogP contribution < -0.4 is 11.1 Å². The third-order valence-electron chi connectivity index (χ3n) is 3.49. The number of carbonyl (C=O) groups excluding carboxylic acids is 3. The summed E-state index contributed by atoms with van der Waals surface area (Å²) in [6.07, 6.45) is 0. The van der Waals surface area contributed by atoms with Gasteiger partial charge in [0, 0.05) is 11.5 Å². The lowest BCUT2D eigenvalue weighted by molar-refractivity contribution is -0.124. The molecule has 0 fully saturated rings. The van der Waals surface area contributed by atoms with Crippen LogP contribution in [0.3, 0.4) is 0 Å². The van der Waals surface area contributed by atoms with Gasteiger partial charge in [-0.2, -0.15) is 0 Å². The number of ketones is 2. The van der Waals surface area contributed by atoms with Gasteiger partial charge >= 0.3 is 0 Å². The van der Waals surface area contributed by atoms with Crippen LogP contribution in [-0.2, 0) is 9.59 Å². The van der Waals surface area contributed by atoms with E-state index >= 15 is 0 Å². The van der Waals surface area contributed by atoms with Gasteiger partial charge in [0.2, 0.25) is 5.91 Å². The molecule has 2 unspecified atom stereocenters. The Bertz CT molecular complexity index is 538. The highest BCUT2D eigenvalue weighted by molar-refractivity contribution is 6.14. The number of nitrogens with one attached hydrogen (secondary N) is 1. The van der Waals surface area contributed by atoms with Crippen LogP contribution in [0.4, 0.5) is 0 Å². The summed E-state index contributed by atoms with van der Waals surface area (Å²) >= 11 is 0. The van der Waals surface area contributed by atoms with Crippen molar-refractivity contribution in [3.63, 3.8) is 0 Å². The van der Waals surface area contributed by atoms with Crippen LogP contribution in [0.25, 0.3) is 0 Å². The number of Topliss-reactive ketones (excluding diaryl/α,β-unsaturated/α-hetero) is 2. The molecule has 0 spiro atoms. The third kappa shape index (κ3) is 4.49. The molecule has 1 aromatic carbocycles. The van der Waals surface area contributed by atoms with Crippen molar-refractivity contribution < 1.29 is 14.4 Å². The molecular weight excluding hydrogens is 280 g/mol. The van der Waals surface area contributed by atoms with Crippen molar-refractivity contribution in [3.05, 3.63) is 35.9 Å². The summed E-state index contributed by atoms with van der Waals surface area (Å²) in [5, 5.41) is 2.86. The Labute approximate surface area is 131 Å². The Hall–Kier alpha value is -2.01. The SMILES string of the molecule is CC(C)C(=O)C(NC(C(N)=O)C(C)C)C(=O)c1ccccc1. The molecule has 120 valence electrons. The quantitative estimate of drug-likeness (QED) is 0.563. The van der Waals surface area contributed by atoms with E-state index in [0.717, 1.165) is 0 Å². The average molecular weight is 304 g/mol. The molecule has 22 heavy (non-hydrogen) atoms. The minimum absolute atomic E-state index is 0.122. The molecule has 1 aromatic rings. The number of amides is 1. The molecule has 0 saturated carbocycles. The molecule has 0 bridgehead atoms. The van der Waals surface area contributed by atoms with Gasteiger partial charge in [-0.3, -0.25) is 19.7 Å². The van der Waals surface area contributed by atoms with Gasteiger partial charge in [0.25, 0.3) is 0 Å². The van der Waals surface area contributed by atoms with Crippen molar-refractivity contribution in [2.24, 2.45) is 17.6 Å². The lowest BCUT2D eigenvalue weighted by Gasteiger charge is -2.25. The molecule has 0 aliphatic rings. The summed E-state index contributed by atoms with van der Waals surface area (Å²) in [5.74, 6) is -1.61. The first kappa shape index (κ1) is 18.0. The largest absolute Gasteiger partial charge is 0.368 e. The second-order valence-electron chi connectivity index (χ2n) is 6.01. The predicted octanol–water partition coefficient (Wildman–Crippen LogP) is 1.56. The number of primary amides is 1. The molecule has 5 heteroatoms. The summed E-state index contributed by atoms with van der Waals surface area (Å²) in [5.41, 5.74) is 5.81. The highest BCUT2D eigenvalue weighted by Crippen LogP contribution is 2.11. The molecule has 5 nitrogen and oxygen atoms in total. The van der Waals surface area contributed by atoms with E-state index in [1.807, 2.05) is 13.8 Å². The molecule has 0 aliphatic carbocycles. The second kappa shape index (κ2) is 7.84. The zero-order chi connectivity index (χ0) is 16.9. The molecule has 0 saturated heterocycles. The van der Waals surface area contributed by atoms with E-state index in [1.165, 1.54) is 0 Å². The summed E-state index contributed by atoms with van der Waals surface area (Å²) in [6.45, 7) is 7.08. The highest BCUT2D eigenvalue weighted by Gasteiger charge is 2.33. The molecule has 0 aliphatic heterocycles. The second-order valence-corrected chi connectivity index (χ2v) is 6.01. The van der Waals surface area contributed by atoms with Crippen LogP contribution in [0.5, 0.6) is 0 Å². The molecule has 1 amide bonds. The molecule has 2 atom stereocenters. The maximum Gasteiger partial charge on any atom is 0.234 e. The smallest absolute Gasteiger partial charge is 0.234 e. The summed E-state index contributed by atoms with van der Waals surface area (Å²) in [6, 6.07) is 6.77. The van der Waals surface area contributed by atoms with Crippen molar-refractivity contribution in [2.45, 2.75) is 39.8 Å². The van der Waals surface area contributed by atoms with Crippen LogP contribution >= 0.6 is 0 Å². The zero-order valence-electron chi connectivity index (χ0n) is 13.5. The van der Waals surface area contributed by atoms with Crippen LogP contribution in [-0.4, -0.2) is 29.6 Å². The predicted molar refractivity (Wildman–Crippen MR) is 85.4 cm³/mol. The zero-order valence-corrected chi connectivity index (χ0v) is 13.5. The fraction of sp³-hybridized carbons (Fsp3) is 0.471. The topological polar surface area (TPSA) is 89.3 Å². The lowest BCUT2D eigenvalue weighted by atomic mass is 9.92. The fourth-order valence-corrected chi connectivity index (χ4v) is 2.17. The van der Waals surface area contributed by atoms with E-state index in [0.29, 0.717) is 5.56 Å². The van der Waals surface area contributed by atoms with E-state index in [4.69, 9.17) is 5.73 Å². The Morgan fingerprint density at radius 3 is 1.95 bits per heavy atom. The number of rotatable bonds is 8. The normalized spacial score (nSPS) is 13.9. The molecule has 1 rings (SSSR count). The van der Waals surface area contributed by atoms with E-state index in [9.17, 15) is 14.4 Å². The first-order chi connectivity index (χ1) is 10.3. The lowest BCUT2D eigenvalue weighted by Crippen LogP contribution is -2.55.